The molecule has 3 aromatic rings. The number of ether oxygens (including phenoxy) is 2. The van der Waals surface area contributed by atoms with Crippen molar-refractivity contribution in [1.29, 1.82) is 0 Å². The zero-order chi connectivity index (χ0) is 21.5. The second-order valence-corrected chi connectivity index (χ2v) is 6.65. The molecule has 4 rings (SSSR count). The Bertz CT molecular complexity index is 1070. The van der Waals surface area contributed by atoms with Gasteiger partial charge in [-0.25, -0.2) is 9.37 Å². The Morgan fingerprint density at radius 3 is 2.50 bits per heavy atom. The number of hydrogen-bond acceptors (Lipinski definition) is 6. The monoisotopic (exact) mass is 433 g/mol. The number of halogens is 6. The molecule has 3 heterocycles. The SMILES string of the molecule is Fc1cc(-c2cn3c(COC(F)F)nnc3cn2)cnc1OC1(C(F)(F)F)CCC1. The third-order valence-corrected chi connectivity index (χ3v) is 4.77. The van der Waals surface area contributed by atoms with Crippen LogP contribution in [0.4, 0.5) is 26.3 Å². The lowest BCUT2D eigenvalue weighted by atomic mass is 9.79. The Morgan fingerprint density at radius 2 is 1.90 bits per heavy atom. The summed E-state index contributed by atoms with van der Waals surface area (Å²) in [6.07, 6.45) is -1.14. The van der Waals surface area contributed by atoms with E-state index in [1.54, 1.807) is 0 Å². The van der Waals surface area contributed by atoms with E-state index in [1.807, 2.05) is 0 Å². The number of fused-ring (bicyclic) bond motifs is 1. The molecule has 1 fully saturated rings. The van der Waals surface area contributed by atoms with Gasteiger partial charge in [-0.3, -0.25) is 9.38 Å². The van der Waals surface area contributed by atoms with Gasteiger partial charge in [0.2, 0.25) is 5.60 Å². The molecule has 0 radical (unpaired) electrons. The predicted octanol–water partition coefficient (Wildman–Crippen LogP) is 3.93. The maximum Gasteiger partial charge on any atom is 0.428 e. The van der Waals surface area contributed by atoms with Crippen molar-refractivity contribution in [2.75, 3.05) is 0 Å². The predicted molar refractivity (Wildman–Crippen MR) is 88.0 cm³/mol. The van der Waals surface area contributed by atoms with Crippen LogP contribution < -0.4 is 4.74 Å². The van der Waals surface area contributed by atoms with E-state index in [4.69, 9.17) is 4.74 Å². The van der Waals surface area contributed by atoms with Crippen LogP contribution in [-0.4, -0.2) is 43.0 Å². The van der Waals surface area contributed by atoms with Crippen molar-refractivity contribution in [1.82, 2.24) is 24.6 Å². The third-order valence-electron chi connectivity index (χ3n) is 4.77. The Morgan fingerprint density at radius 1 is 1.13 bits per heavy atom. The van der Waals surface area contributed by atoms with E-state index < -0.39 is 36.7 Å². The molecule has 0 spiro atoms. The number of rotatable bonds is 6. The highest BCUT2D eigenvalue weighted by atomic mass is 19.4. The Balaban J connectivity index is 1.61. The Hall–Kier alpha value is -2.96. The molecule has 0 N–H and O–H groups in total. The van der Waals surface area contributed by atoms with Crippen molar-refractivity contribution in [2.24, 2.45) is 0 Å². The van der Waals surface area contributed by atoms with E-state index in [-0.39, 0.29) is 35.6 Å². The molecule has 0 aromatic carbocycles. The van der Waals surface area contributed by atoms with E-state index in [0.29, 0.717) is 6.42 Å². The van der Waals surface area contributed by atoms with Crippen molar-refractivity contribution < 1.29 is 35.8 Å². The Kier molecular flexibility index (Phi) is 5.00. The molecule has 7 nitrogen and oxygen atoms in total. The van der Waals surface area contributed by atoms with Gasteiger partial charge in [0.1, 0.15) is 6.61 Å². The van der Waals surface area contributed by atoms with Crippen LogP contribution in [0.3, 0.4) is 0 Å². The normalized spacial score (nSPS) is 16.1. The first-order chi connectivity index (χ1) is 14.2. The van der Waals surface area contributed by atoms with Crippen LogP contribution in [0, 0.1) is 5.82 Å². The summed E-state index contributed by atoms with van der Waals surface area (Å²) in [4.78, 5) is 7.74. The van der Waals surface area contributed by atoms with Gasteiger partial charge in [0.15, 0.2) is 17.3 Å². The summed E-state index contributed by atoms with van der Waals surface area (Å²) >= 11 is 0. The first kappa shape index (κ1) is 20.3. The smallest absolute Gasteiger partial charge is 0.428 e. The van der Waals surface area contributed by atoms with Crippen LogP contribution in [0.2, 0.25) is 0 Å². The van der Waals surface area contributed by atoms with Crippen LogP contribution in [-0.2, 0) is 11.3 Å². The average Bonchev–Trinajstić information content (AvgIpc) is 3.05. The summed E-state index contributed by atoms with van der Waals surface area (Å²) in [5.41, 5.74) is -1.91. The fourth-order valence-corrected chi connectivity index (χ4v) is 3.00. The molecule has 3 aromatic heterocycles. The zero-order valence-electron chi connectivity index (χ0n) is 15.0. The van der Waals surface area contributed by atoms with Crippen LogP contribution >= 0.6 is 0 Å². The highest BCUT2D eigenvalue weighted by molar-refractivity contribution is 5.59. The molecular weight excluding hydrogens is 420 g/mol. The number of nitrogens with zero attached hydrogens (tertiary/aromatic N) is 5. The quantitative estimate of drug-likeness (QED) is 0.549. The largest absolute Gasteiger partial charge is 0.459 e. The first-order valence-electron chi connectivity index (χ1n) is 8.70. The fourth-order valence-electron chi connectivity index (χ4n) is 3.00. The highest BCUT2D eigenvalue weighted by Crippen LogP contribution is 2.48. The molecule has 160 valence electrons. The van der Waals surface area contributed by atoms with E-state index in [1.165, 1.54) is 16.8 Å². The third kappa shape index (κ3) is 3.64. The van der Waals surface area contributed by atoms with Gasteiger partial charge in [-0.1, -0.05) is 0 Å². The summed E-state index contributed by atoms with van der Waals surface area (Å²) in [7, 11) is 0. The van der Waals surface area contributed by atoms with Crippen LogP contribution in [0.15, 0.2) is 24.7 Å². The van der Waals surface area contributed by atoms with E-state index in [9.17, 15) is 26.3 Å². The van der Waals surface area contributed by atoms with Crippen LogP contribution in [0.25, 0.3) is 16.9 Å². The van der Waals surface area contributed by atoms with Crippen LogP contribution in [0.1, 0.15) is 25.1 Å². The lowest BCUT2D eigenvalue weighted by Gasteiger charge is -2.42. The number of alkyl halides is 5. The van der Waals surface area contributed by atoms with Gasteiger partial charge >= 0.3 is 12.8 Å². The highest BCUT2D eigenvalue weighted by Gasteiger charge is 2.61. The molecule has 13 heteroatoms. The topological polar surface area (TPSA) is 74.4 Å². The molecule has 0 amide bonds. The molecule has 0 bridgehead atoms. The van der Waals surface area contributed by atoms with Gasteiger partial charge in [-0.15, -0.1) is 10.2 Å². The van der Waals surface area contributed by atoms with Crippen molar-refractivity contribution >= 4 is 5.65 Å². The maximum absolute atomic E-state index is 14.4. The minimum atomic E-state index is -4.64. The minimum Gasteiger partial charge on any atom is -0.459 e. The average molecular weight is 433 g/mol. The molecule has 0 atom stereocenters. The van der Waals surface area contributed by atoms with Gasteiger partial charge in [-0.2, -0.15) is 22.0 Å². The van der Waals surface area contributed by atoms with Crippen molar-refractivity contribution in [3.63, 3.8) is 0 Å². The lowest BCUT2D eigenvalue weighted by Crippen LogP contribution is -2.55. The maximum atomic E-state index is 14.4. The molecule has 1 aliphatic carbocycles. The van der Waals surface area contributed by atoms with Crippen molar-refractivity contribution in [2.45, 2.75) is 44.3 Å². The molecule has 1 aliphatic rings. The van der Waals surface area contributed by atoms with E-state index in [2.05, 4.69) is 24.9 Å². The summed E-state index contributed by atoms with van der Waals surface area (Å²) in [5.74, 6) is -1.79. The van der Waals surface area contributed by atoms with Gasteiger partial charge in [-0.05, 0) is 25.3 Å². The van der Waals surface area contributed by atoms with Gasteiger partial charge in [0.25, 0.3) is 5.88 Å². The molecule has 0 saturated heterocycles. The standard InChI is InChI=1S/C17H13F6N5O2/c18-10-4-9(5-25-14(10)30-16(2-1-3-16)17(21,22)23)11-7-28-12(6-24-11)26-27-13(28)8-29-15(19)20/h4-7,15H,1-3,8H2. The minimum absolute atomic E-state index is 0.0550. The number of aromatic nitrogens is 5. The van der Waals surface area contributed by atoms with Gasteiger partial charge in [0, 0.05) is 18.0 Å². The number of hydrogen-bond donors (Lipinski definition) is 0. The first-order valence-corrected chi connectivity index (χ1v) is 8.70. The second kappa shape index (κ2) is 7.38. The molecule has 30 heavy (non-hydrogen) atoms. The van der Waals surface area contributed by atoms with E-state index in [0.717, 1.165) is 12.3 Å². The summed E-state index contributed by atoms with van der Waals surface area (Å²) < 4.78 is 89.1. The summed E-state index contributed by atoms with van der Waals surface area (Å²) in [5, 5.41) is 7.46. The molecule has 0 aliphatic heterocycles. The van der Waals surface area contributed by atoms with Gasteiger partial charge in [0.05, 0.1) is 11.9 Å². The van der Waals surface area contributed by atoms with Gasteiger partial charge < -0.3 is 9.47 Å². The second-order valence-electron chi connectivity index (χ2n) is 6.65. The van der Waals surface area contributed by atoms with Crippen LogP contribution in [0.5, 0.6) is 5.88 Å². The molecule has 1 saturated carbocycles. The summed E-state index contributed by atoms with van der Waals surface area (Å²) in [6.45, 7) is -3.53. The Labute approximate surface area is 164 Å². The fraction of sp³-hybridized carbons (Fsp3) is 0.412. The zero-order valence-corrected chi connectivity index (χ0v) is 15.0. The van der Waals surface area contributed by atoms with E-state index >= 15 is 0 Å². The molecule has 0 unspecified atom stereocenters. The summed E-state index contributed by atoms with van der Waals surface area (Å²) in [6, 6.07) is 0.929. The molecular formula is C17H13F6N5O2. The van der Waals surface area contributed by atoms with Crippen molar-refractivity contribution in [3.8, 4) is 17.1 Å². The lowest BCUT2D eigenvalue weighted by molar-refractivity contribution is -0.275. The number of pyridine rings is 1. The van der Waals surface area contributed by atoms with Crippen molar-refractivity contribution in [3.05, 3.63) is 36.3 Å².